The number of nitrogens with zero attached hydrogens (tertiary/aromatic N) is 1. The summed E-state index contributed by atoms with van der Waals surface area (Å²) < 4.78 is 34.4. The van der Waals surface area contributed by atoms with Gasteiger partial charge in [0.05, 0.1) is 12.1 Å². The number of benzene rings is 1. The molecule has 0 saturated heterocycles. The molecule has 0 fully saturated rings. The first-order valence-electron chi connectivity index (χ1n) is 5.74. The van der Waals surface area contributed by atoms with Crippen LogP contribution in [0, 0.1) is 0 Å². The second-order valence-electron chi connectivity index (χ2n) is 4.17. The molecule has 0 bridgehead atoms. The first kappa shape index (κ1) is 13.6. The molecule has 0 aliphatic carbocycles. The van der Waals surface area contributed by atoms with Gasteiger partial charge in [0.2, 0.25) is 0 Å². The minimum atomic E-state index is -3.66. The van der Waals surface area contributed by atoms with Gasteiger partial charge in [0.1, 0.15) is 0 Å². The van der Waals surface area contributed by atoms with Crippen LogP contribution in [0.5, 0.6) is 11.5 Å². The fourth-order valence-electron chi connectivity index (χ4n) is 1.75. The number of alkyl halides is 2. The predicted octanol–water partition coefficient (Wildman–Crippen LogP) is 2.84. The zero-order valence-corrected chi connectivity index (χ0v) is 11.1. The molecule has 0 unspecified atom stereocenters. The molecule has 0 spiro atoms. The normalized spacial score (nSPS) is 15.0. The van der Waals surface area contributed by atoms with Crippen LogP contribution in [-0.2, 0) is 11.2 Å². The number of rotatable bonds is 4. The molecule has 3 rings (SSSR count). The summed E-state index contributed by atoms with van der Waals surface area (Å²) in [6.07, 6.45) is -3.83. The monoisotopic (exact) mass is 314 g/mol. The average molecular weight is 314 g/mol. The lowest BCUT2D eigenvalue weighted by molar-refractivity contribution is -0.286. The smallest absolute Gasteiger partial charge is 0.481 e. The molecule has 9 heteroatoms. The molecular formula is C12H8F2N2O4S. The number of aliphatic carboxylic acids is 1. The van der Waals surface area contributed by atoms with Crippen molar-refractivity contribution in [1.29, 1.82) is 0 Å². The van der Waals surface area contributed by atoms with E-state index in [9.17, 15) is 13.6 Å². The summed E-state index contributed by atoms with van der Waals surface area (Å²) in [6, 6.07) is 4.24. The van der Waals surface area contributed by atoms with Gasteiger partial charge in [0.25, 0.3) is 0 Å². The standard InChI is InChI=1S/C12H8F2N2O4S/c13-12(14)19-8-2-1-6(3-9(8)20-12)15-11-16-7(5-21-11)4-10(17)18/h1-3,5H,4H2,(H,15,16)(H,17,18). The number of anilines is 2. The van der Waals surface area contributed by atoms with Crippen LogP contribution in [0.25, 0.3) is 0 Å². The number of halogens is 2. The van der Waals surface area contributed by atoms with Crippen molar-refractivity contribution in [3.8, 4) is 11.5 Å². The van der Waals surface area contributed by atoms with Crippen molar-refractivity contribution in [2.75, 3.05) is 5.32 Å². The number of aromatic nitrogens is 1. The van der Waals surface area contributed by atoms with Gasteiger partial charge in [0, 0.05) is 17.1 Å². The fraction of sp³-hybridized carbons (Fsp3) is 0.167. The van der Waals surface area contributed by atoms with Crippen LogP contribution in [0.4, 0.5) is 19.6 Å². The van der Waals surface area contributed by atoms with Gasteiger partial charge in [-0.2, -0.15) is 0 Å². The number of ether oxygens (including phenoxy) is 2. The van der Waals surface area contributed by atoms with E-state index >= 15 is 0 Å². The topological polar surface area (TPSA) is 80.7 Å². The first-order valence-corrected chi connectivity index (χ1v) is 6.62. The van der Waals surface area contributed by atoms with Crippen LogP contribution in [0.1, 0.15) is 5.69 Å². The van der Waals surface area contributed by atoms with Crippen LogP contribution in [0.15, 0.2) is 23.6 Å². The second-order valence-corrected chi connectivity index (χ2v) is 5.03. The van der Waals surface area contributed by atoms with E-state index in [2.05, 4.69) is 19.8 Å². The van der Waals surface area contributed by atoms with E-state index in [1.54, 1.807) is 5.38 Å². The maximum absolute atomic E-state index is 12.9. The summed E-state index contributed by atoms with van der Waals surface area (Å²) in [5.41, 5.74) is 0.897. The Morgan fingerprint density at radius 2 is 2.14 bits per heavy atom. The van der Waals surface area contributed by atoms with Gasteiger partial charge in [-0.05, 0) is 12.1 Å². The number of carbonyl (C=O) groups is 1. The molecule has 2 heterocycles. The first-order chi connectivity index (χ1) is 9.91. The van der Waals surface area contributed by atoms with Gasteiger partial charge in [-0.1, -0.05) is 0 Å². The molecular weight excluding hydrogens is 306 g/mol. The van der Waals surface area contributed by atoms with Gasteiger partial charge in [-0.15, -0.1) is 20.1 Å². The lowest BCUT2D eigenvalue weighted by atomic mass is 10.3. The summed E-state index contributed by atoms with van der Waals surface area (Å²) in [7, 11) is 0. The van der Waals surface area contributed by atoms with E-state index in [0.29, 0.717) is 16.5 Å². The van der Waals surface area contributed by atoms with Crippen molar-refractivity contribution < 1.29 is 28.2 Å². The summed E-state index contributed by atoms with van der Waals surface area (Å²) in [5, 5.41) is 13.6. The molecule has 1 aromatic carbocycles. The number of carboxylic acid groups (broad SMARTS) is 1. The Labute approximate surface area is 121 Å². The molecule has 2 N–H and O–H groups in total. The molecule has 1 aliphatic heterocycles. The van der Waals surface area contributed by atoms with Crippen molar-refractivity contribution in [1.82, 2.24) is 4.98 Å². The Morgan fingerprint density at radius 1 is 1.38 bits per heavy atom. The lowest BCUT2D eigenvalue weighted by Crippen LogP contribution is -2.25. The summed E-state index contributed by atoms with van der Waals surface area (Å²) >= 11 is 1.21. The number of hydrogen-bond acceptors (Lipinski definition) is 6. The molecule has 0 amide bonds. The summed E-state index contributed by atoms with van der Waals surface area (Å²) in [4.78, 5) is 14.6. The average Bonchev–Trinajstić information content (AvgIpc) is 2.90. The molecule has 6 nitrogen and oxygen atoms in total. The zero-order valence-electron chi connectivity index (χ0n) is 10.3. The molecule has 21 heavy (non-hydrogen) atoms. The number of carboxylic acids is 1. The highest BCUT2D eigenvalue weighted by Crippen LogP contribution is 2.42. The van der Waals surface area contributed by atoms with Gasteiger partial charge < -0.3 is 19.9 Å². The maximum Gasteiger partial charge on any atom is 0.586 e. The third kappa shape index (κ3) is 3.02. The molecule has 1 aliphatic rings. The Balaban J connectivity index is 1.74. The van der Waals surface area contributed by atoms with E-state index in [-0.39, 0.29) is 17.9 Å². The number of thiazole rings is 1. The van der Waals surface area contributed by atoms with Crippen molar-refractivity contribution in [2.45, 2.75) is 12.7 Å². The number of fused-ring (bicyclic) bond motifs is 1. The van der Waals surface area contributed by atoms with Gasteiger partial charge >= 0.3 is 12.3 Å². The van der Waals surface area contributed by atoms with Crippen molar-refractivity contribution in [3.05, 3.63) is 29.3 Å². The van der Waals surface area contributed by atoms with Crippen molar-refractivity contribution in [3.63, 3.8) is 0 Å². The SMILES string of the molecule is O=C(O)Cc1csc(Nc2ccc3c(c2)OC(F)(F)O3)n1. The van der Waals surface area contributed by atoms with E-state index in [0.717, 1.165) is 0 Å². The zero-order chi connectivity index (χ0) is 15.0. The highest BCUT2D eigenvalue weighted by Gasteiger charge is 2.43. The minimum Gasteiger partial charge on any atom is -0.481 e. The van der Waals surface area contributed by atoms with Gasteiger partial charge in [-0.25, -0.2) is 4.98 Å². The van der Waals surface area contributed by atoms with Crippen LogP contribution >= 0.6 is 11.3 Å². The van der Waals surface area contributed by atoms with E-state index in [1.165, 1.54) is 29.5 Å². The molecule has 0 saturated carbocycles. The van der Waals surface area contributed by atoms with Crippen LogP contribution < -0.4 is 14.8 Å². The minimum absolute atomic E-state index is 0.0451. The number of hydrogen-bond donors (Lipinski definition) is 2. The number of nitrogens with one attached hydrogen (secondary N) is 1. The highest BCUT2D eigenvalue weighted by atomic mass is 32.1. The third-order valence-corrected chi connectivity index (χ3v) is 3.34. The molecule has 0 radical (unpaired) electrons. The Hall–Kier alpha value is -2.42. The summed E-state index contributed by atoms with van der Waals surface area (Å²) in [6.45, 7) is 0. The molecule has 1 aromatic heterocycles. The van der Waals surface area contributed by atoms with Crippen LogP contribution in [-0.4, -0.2) is 22.4 Å². The van der Waals surface area contributed by atoms with E-state index in [4.69, 9.17) is 5.11 Å². The van der Waals surface area contributed by atoms with Gasteiger partial charge in [-0.3, -0.25) is 4.79 Å². The largest absolute Gasteiger partial charge is 0.586 e. The van der Waals surface area contributed by atoms with Crippen molar-refractivity contribution >= 4 is 28.1 Å². The molecule has 0 atom stereocenters. The summed E-state index contributed by atoms with van der Waals surface area (Å²) in [5.74, 6) is -1.10. The predicted molar refractivity (Wildman–Crippen MR) is 69.4 cm³/mol. The lowest BCUT2D eigenvalue weighted by Gasteiger charge is -2.04. The third-order valence-electron chi connectivity index (χ3n) is 2.54. The van der Waals surface area contributed by atoms with E-state index < -0.39 is 12.3 Å². The highest BCUT2D eigenvalue weighted by molar-refractivity contribution is 7.13. The van der Waals surface area contributed by atoms with Crippen molar-refractivity contribution in [2.24, 2.45) is 0 Å². The fourth-order valence-corrected chi connectivity index (χ4v) is 2.48. The maximum atomic E-state index is 12.9. The Morgan fingerprint density at radius 3 is 2.90 bits per heavy atom. The Bertz CT molecular complexity index is 704. The van der Waals surface area contributed by atoms with Crippen LogP contribution in [0.2, 0.25) is 0 Å². The quantitative estimate of drug-likeness (QED) is 0.903. The van der Waals surface area contributed by atoms with Gasteiger partial charge in [0.15, 0.2) is 16.6 Å². The van der Waals surface area contributed by atoms with E-state index in [1.807, 2.05) is 0 Å². The van der Waals surface area contributed by atoms with Crippen LogP contribution in [0.3, 0.4) is 0 Å². The second kappa shape index (κ2) is 4.85. The molecule has 110 valence electrons. The molecule has 2 aromatic rings. The Kier molecular flexibility index (Phi) is 3.13.